The highest BCUT2D eigenvalue weighted by Gasteiger charge is 2.49. The Balaban J connectivity index is 1.33. The van der Waals surface area contributed by atoms with E-state index in [0.29, 0.717) is 23.5 Å². The van der Waals surface area contributed by atoms with Crippen LogP contribution < -0.4 is 9.64 Å². The average molecular weight is 570 g/mol. The fourth-order valence-electron chi connectivity index (χ4n) is 7.71. The molecule has 5 heterocycles. The standard InChI is InChI=1S/C34H40FN5O2/c1-2-23-10-7-11-24-12-8-13-26(28(23)24)30-29(35)31-27(20-36-30)32(39-17-5-3-4-6-18-39)38-33(37-31)42-22-34-15-9-19-40(34)25(21-41)14-16-34/h7-8,10-13,20,25,41H,2-6,9,14-19,21-22H2,1H3/t25-,34+/m1/s1. The minimum atomic E-state index is -0.434. The number of pyridine rings is 1. The molecule has 3 saturated heterocycles. The van der Waals surface area contributed by atoms with Gasteiger partial charge >= 0.3 is 6.01 Å². The molecule has 0 saturated carbocycles. The van der Waals surface area contributed by atoms with Gasteiger partial charge in [-0.25, -0.2) is 4.39 Å². The fraction of sp³-hybridized carbons (Fsp3) is 0.500. The van der Waals surface area contributed by atoms with Gasteiger partial charge in [-0.3, -0.25) is 9.88 Å². The summed E-state index contributed by atoms with van der Waals surface area (Å²) in [6, 6.07) is 12.6. The molecule has 0 amide bonds. The van der Waals surface area contributed by atoms with Crippen LogP contribution in [0.25, 0.3) is 32.9 Å². The van der Waals surface area contributed by atoms with Crippen LogP contribution in [0, 0.1) is 5.82 Å². The first kappa shape index (κ1) is 27.5. The third-order valence-electron chi connectivity index (χ3n) is 9.89. The highest BCUT2D eigenvalue weighted by Crippen LogP contribution is 2.43. The summed E-state index contributed by atoms with van der Waals surface area (Å²) < 4.78 is 23.1. The Morgan fingerprint density at radius 1 is 1.00 bits per heavy atom. The molecule has 0 radical (unpaired) electrons. The third-order valence-corrected chi connectivity index (χ3v) is 9.89. The van der Waals surface area contributed by atoms with Crippen molar-refractivity contribution in [2.45, 2.75) is 76.3 Å². The van der Waals surface area contributed by atoms with E-state index in [0.717, 1.165) is 80.9 Å². The number of benzene rings is 2. The van der Waals surface area contributed by atoms with Gasteiger partial charge in [0.25, 0.3) is 0 Å². The summed E-state index contributed by atoms with van der Waals surface area (Å²) in [5.74, 6) is 0.276. The van der Waals surface area contributed by atoms with Gasteiger partial charge in [0.05, 0.1) is 17.5 Å². The molecule has 0 unspecified atom stereocenters. The molecule has 2 aromatic heterocycles. The number of rotatable bonds is 7. The fourth-order valence-corrected chi connectivity index (χ4v) is 7.71. The van der Waals surface area contributed by atoms with Gasteiger partial charge in [-0.15, -0.1) is 0 Å². The van der Waals surface area contributed by atoms with Crippen LogP contribution in [-0.4, -0.2) is 69.4 Å². The van der Waals surface area contributed by atoms with Crippen molar-refractivity contribution >= 4 is 27.5 Å². The van der Waals surface area contributed by atoms with Gasteiger partial charge < -0.3 is 14.7 Å². The molecule has 3 aliphatic heterocycles. The molecule has 0 bridgehead atoms. The maximum Gasteiger partial charge on any atom is 0.319 e. The molecule has 4 aromatic rings. The first-order valence-corrected chi connectivity index (χ1v) is 15.7. The summed E-state index contributed by atoms with van der Waals surface area (Å²) in [4.78, 5) is 19.0. The first-order chi connectivity index (χ1) is 20.6. The van der Waals surface area contributed by atoms with Crippen LogP contribution in [0.5, 0.6) is 6.01 Å². The lowest BCUT2D eigenvalue weighted by Crippen LogP contribution is -2.47. The third kappa shape index (κ3) is 4.69. The smallest absolute Gasteiger partial charge is 0.319 e. The van der Waals surface area contributed by atoms with E-state index in [4.69, 9.17) is 19.7 Å². The van der Waals surface area contributed by atoms with Crippen molar-refractivity contribution in [3.8, 4) is 17.3 Å². The van der Waals surface area contributed by atoms with Gasteiger partial charge in [0.2, 0.25) is 0 Å². The molecule has 7 nitrogen and oxygen atoms in total. The quantitative estimate of drug-likeness (QED) is 0.280. The molecular formula is C34H40FN5O2. The summed E-state index contributed by atoms with van der Waals surface area (Å²) in [5, 5.41) is 12.7. The maximum atomic E-state index is 16.7. The lowest BCUT2D eigenvalue weighted by molar-refractivity contribution is 0.0644. The van der Waals surface area contributed by atoms with Gasteiger partial charge in [0.1, 0.15) is 23.6 Å². The molecule has 2 atom stereocenters. The number of ether oxygens (including phenoxy) is 1. The topological polar surface area (TPSA) is 74.6 Å². The lowest BCUT2D eigenvalue weighted by Gasteiger charge is -2.34. The van der Waals surface area contributed by atoms with Gasteiger partial charge in [-0.2, -0.15) is 9.97 Å². The minimum absolute atomic E-state index is 0.115. The van der Waals surface area contributed by atoms with Crippen LogP contribution in [0.4, 0.5) is 10.2 Å². The van der Waals surface area contributed by atoms with E-state index < -0.39 is 5.82 Å². The summed E-state index contributed by atoms with van der Waals surface area (Å²) in [6.07, 6.45) is 11.2. The van der Waals surface area contributed by atoms with Crippen LogP contribution in [0.2, 0.25) is 0 Å². The predicted octanol–water partition coefficient (Wildman–Crippen LogP) is 6.30. The largest absolute Gasteiger partial charge is 0.461 e. The second-order valence-electron chi connectivity index (χ2n) is 12.3. The Hall–Kier alpha value is -3.36. The van der Waals surface area contributed by atoms with Crippen LogP contribution in [0.1, 0.15) is 63.9 Å². The van der Waals surface area contributed by atoms with E-state index in [1.165, 1.54) is 18.4 Å². The summed E-state index contributed by atoms with van der Waals surface area (Å²) in [5.41, 5.74) is 2.40. The summed E-state index contributed by atoms with van der Waals surface area (Å²) in [7, 11) is 0. The SMILES string of the molecule is CCc1cccc2cccc(-c3ncc4c(N5CCCCCC5)nc(OC[C@@]56CCCN5[C@@H](CO)CC6)nc4c3F)c12. The van der Waals surface area contributed by atoms with Crippen molar-refractivity contribution in [3.05, 3.63) is 54.0 Å². The second kappa shape index (κ2) is 11.4. The zero-order valence-electron chi connectivity index (χ0n) is 24.5. The van der Waals surface area contributed by atoms with Crippen LogP contribution in [-0.2, 0) is 6.42 Å². The van der Waals surface area contributed by atoms with Crippen molar-refractivity contribution in [1.82, 2.24) is 19.9 Å². The summed E-state index contributed by atoms with van der Waals surface area (Å²) >= 11 is 0. The molecule has 2 aromatic carbocycles. The predicted molar refractivity (Wildman–Crippen MR) is 165 cm³/mol. The van der Waals surface area contributed by atoms with Gasteiger partial charge in [0, 0.05) is 30.9 Å². The number of hydrogen-bond acceptors (Lipinski definition) is 7. The Bertz CT molecular complexity index is 1600. The number of hydrogen-bond donors (Lipinski definition) is 1. The number of aliphatic hydroxyl groups is 1. The van der Waals surface area contributed by atoms with E-state index in [9.17, 15) is 5.11 Å². The normalized spacial score (nSPS) is 23.0. The molecule has 3 fully saturated rings. The molecule has 1 N–H and O–H groups in total. The van der Waals surface area contributed by atoms with E-state index in [1.807, 2.05) is 12.1 Å². The molecular weight excluding hydrogens is 529 g/mol. The lowest BCUT2D eigenvalue weighted by atomic mass is 9.95. The number of fused-ring (bicyclic) bond motifs is 3. The maximum absolute atomic E-state index is 16.7. The van der Waals surface area contributed by atoms with Gasteiger partial charge in [-0.1, -0.05) is 56.2 Å². The minimum Gasteiger partial charge on any atom is -0.461 e. The molecule has 0 spiro atoms. The van der Waals surface area contributed by atoms with E-state index in [1.54, 1.807) is 6.20 Å². The second-order valence-corrected chi connectivity index (χ2v) is 12.3. The van der Waals surface area contributed by atoms with Gasteiger partial charge in [-0.05, 0) is 67.8 Å². The number of anilines is 1. The molecule has 0 aliphatic carbocycles. The van der Waals surface area contributed by atoms with Crippen molar-refractivity contribution in [2.24, 2.45) is 0 Å². The van der Waals surface area contributed by atoms with Crippen LogP contribution in [0.15, 0.2) is 42.6 Å². The van der Waals surface area contributed by atoms with Gasteiger partial charge in [0.15, 0.2) is 5.82 Å². The Labute approximate surface area is 246 Å². The van der Waals surface area contributed by atoms with E-state index >= 15 is 4.39 Å². The van der Waals surface area contributed by atoms with E-state index in [-0.39, 0.29) is 29.7 Å². The van der Waals surface area contributed by atoms with Crippen molar-refractivity contribution < 1.29 is 14.2 Å². The zero-order chi connectivity index (χ0) is 28.7. The Kier molecular flexibility index (Phi) is 7.44. The molecule has 8 heteroatoms. The first-order valence-electron chi connectivity index (χ1n) is 15.7. The highest BCUT2D eigenvalue weighted by atomic mass is 19.1. The number of aromatic nitrogens is 3. The van der Waals surface area contributed by atoms with E-state index in [2.05, 4.69) is 41.0 Å². The molecule has 42 heavy (non-hydrogen) atoms. The average Bonchev–Trinajstić information content (AvgIpc) is 3.46. The zero-order valence-corrected chi connectivity index (χ0v) is 24.5. The van der Waals surface area contributed by atoms with Crippen molar-refractivity contribution in [3.63, 3.8) is 0 Å². The van der Waals surface area contributed by atoms with Crippen LogP contribution in [0.3, 0.4) is 0 Å². The van der Waals surface area contributed by atoms with Crippen LogP contribution >= 0.6 is 0 Å². The number of aryl methyl sites for hydroxylation is 1. The Morgan fingerprint density at radius 3 is 2.60 bits per heavy atom. The molecule has 220 valence electrons. The molecule has 3 aliphatic rings. The monoisotopic (exact) mass is 569 g/mol. The number of halogens is 1. The number of nitrogens with zero attached hydrogens (tertiary/aromatic N) is 5. The summed E-state index contributed by atoms with van der Waals surface area (Å²) in [6.45, 7) is 5.44. The highest BCUT2D eigenvalue weighted by molar-refractivity contribution is 6.00. The Morgan fingerprint density at radius 2 is 1.81 bits per heavy atom. The molecule has 7 rings (SSSR count). The van der Waals surface area contributed by atoms with Crippen molar-refractivity contribution in [1.29, 1.82) is 0 Å². The van der Waals surface area contributed by atoms with Crippen molar-refractivity contribution in [2.75, 3.05) is 37.7 Å². The number of aliphatic hydroxyl groups excluding tert-OH is 1.